The van der Waals surface area contributed by atoms with Crippen molar-refractivity contribution < 1.29 is 14.3 Å². The van der Waals surface area contributed by atoms with Gasteiger partial charge in [0, 0.05) is 67.3 Å². The lowest BCUT2D eigenvalue weighted by atomic mass is 10.0. The topological polar surface area (TPSA) is 87.7 Å². The molecule has 212 valence electrons. The van der Waals surface area contributed by atoms with Crippen molar-refractivity contribution in [1.29, 1.82) is 0 Å². The molecular formula is C31H39N5O3S. The summed E-state index contributed by atoms with van der Waals surface area (Å²) in [6.07, 6.45) is 3.35. The van der Waals surface area contributed by atoms with Gasteiger partial charge < -0.3 is 19.9 Å². The van der Waals surface area contributed by atoms with Gasteiger partial charge in [0.1, 0.15) is 21.5 Å². The molecule has 5 rings (SSSR count). The van der Waals surface area contributed by atoms with E-state index >= 15 is 0 Å². The first-order valence-corrected chi connectivity index (χ1v) is 15.2. The summed E-state index contributed by atoms with van der Waals surface area (Å²) in [6, 6.07) is 14.0. The van der Waals surface area contributed by atoms with Crippen molar-refractivity contribution in [3.05, 3.63) is 58.6 Å². The van der Waals surface area contributed by atoms with Gasteiger partial charge in [0.2, 0.25) is 5.91 Å². The Hall–Kier alpha value is -3.30. The highest BCUT2D eigenvalue weighted by Crippen LogP contribution is 2.32. The van der Waals surface area contributed by atoms with E-state index in [4.69, 9.17) is 4.74 Å². The normalized spacial score (nSPS) is 16.8. The molecule has 8 nitrogen and oxygen atoms in total. The Balaban J connectivity index is 1.33. The zero-order valence-electron chi connectivity index (χ0n) is 23.9. The second-order valence-electron chi connectivity index (χ2n) is 11.3. The number of piperidine rings is 1. The zero-order chi connectivity index (χ0) is 28.2. The summed E-state index contributed by atoms with van der Waals surface area (Å²) in [7, 11) is 0. The molecule has 2 aliphatic heterocycles. The Labute approximate surface area is 240 Å². The minimum Gasteiger partial charge on any atom is -0.457 e. The Kier molecular flexibility index (Phi) is 8.81. The van der Waals surface area contributed by atoms with Crippen molar-refractivity contribution in [3.8, 4) is 22.1 Å². The molecule has 0 spiro atoms. The third kappa shape index (κ3) is 6.70. The average Bonchev–Trinajstić information content (AvgIpc) is 3.60. The number of rotatable bonds is 9. The van der Waals surface area contributed by atoms with Crippen molar-refractivity contribution in [2.75, 3.05) is 19.6 Å². The van der Waals surface area contributed by atoms with E-state index in [2.05, 4.69) is 48.1 Å². The fourth-order valence-electron chi connectivity index (χ4n) is 5.20. The molecule has 2 fully saturated rings. The molecule has 0 unspecified atom stereocenters. The summed E-state index contributed by atoms with van der Waals surface area (Å²) in [5, 5.41) is 13.7. The number of hydrogen-bond acceptors (Lipinski definition) is 7. The number of carbonyl (C=O) groups is 2. The van der Waals surface area contributed by atoms with E-state index in [0.29, 0.717) is 42.0 Å². The fraction of sp³-hybridized carbons (Fsp3) is 0.484. The highest BCUT2D eigenvalue weighted by Gasteiger charge is 2.25. The Morgan fingerprint density at radius 2 is 1.80 bits per heavy atom. The predicted molar refractivity (Wildman–Crippen MR) is 158 cm³/mol. The van der Waals surface area contributed by atoms with E-state index in [1.165, 1.54) is 0 Å². The molecule has 0 radical (unpaired) electrons. The monoisotopic (exact) mass is 561 g/mol. The van der Waals surface area contributed by atoms with Crippen LogP contribution in [0.2, 0.25) is 0 Å². The van der Waals surface area contributed by atoms with Gasteiger partial charge in [-0.05, 0) is 69.5 Å². The van der Waals surface area contributed by atoms with Gasteiger partial charge in [0.05, 0.1) is 0 Å². The lowest BCUT2D eigenvalue weighted by molar-refractivity contribution is -0.128. The molecule has 1 N–H and O–H groups in total. The molecule has 1 aromatic heterocycles. The van der Waals surface area contributed by atoms with Crippen LogP contribution in [0.3, 0.4) is 0 Å². The molecule has 0 aliphatic carbocycles. The van der Waals surface area contributed by atoms with Crippen LogP contribution in [-0.2, 0) is 11.3 Å². The molecule has 3 heterocycles. The molecule has 0 bridgehead atoms. The molecule has 2 amide bonds. The predicted octanol–water partition coefficient (Wildman–Crippen LogP) is 5.85. The largest absolute Gasteiger partial charge is 0.457 e. The minimum absolute atomic E-state index is 0.0933. The second kappa shape index (κ2) is 12.5. The number of nitrogens with one attached hydrogen (secondary N) is 1. The van der Waals surface area contributed by atoms with Gasteiger partial charge in [-0.15, -0.1) is 10.2 Å². The van der Waals surface area contributed by atoms with E-state index in [1.807, 2.05) is 47.4 Å². The SMILES string of the molecule is CC(C)c1nnc(-c2ccc(Oc3cc(C(=O)NC4CCN(C(C)C)CC4)ccc3CN3CCCC3=O)cc2)s1. The lowest BCUT2D eigenvalue weighted by Crippen LogP contribution is -2.46. The van der Waals surface area contributed by atoms with Gasteiger partial charge >= 0.3 is 0 Å². The summed E-state index contributed by atoms with van der Waals surface area (Å²) in [5.74, 6) is 1.65. The minimum atomic E-state index is -0.0933. The van der Waals surface area contributed by atoms with Crippen LogP contribution in [0.4, 0.5) is 0 Å². The molecule has 2 aromatic carbocycles. The van der Waals surface area contributed by atoms with Crippen LogP contribution >= 0.6 is 11.3 Å². The van der Waals surface area contributed by atoms with Gasteiger partial charge in [-0.2, -0.15) is 0 Å². The van der Waals surface area contributed by atoms with E-state index in [0.717, 1.165) is 60.0 Å². The van der Waals surface area contributed by atoms with Gasteiger partial charge in [-0.3, -0.25) is 9.59 Å². The first-order chi connectivity index (χ1) is 19.3. The molecule has 0 atom stereocenters. The van der Waals surface area contributed by atoms with Gasteiger partial charge in [-0.25, -0.2) is 0 Å². The van der Waals surface area contributed by atoms with Crippen LogP contribution in [0, 0.1) is 0 Å². The van der Waals surface area contributed by atoms with Crippen LogP contribution in [0.25, 0.3) is 10.6 Å². The molecule has 2 saturated heterocycles. The summed E-state index contributed by atoms with van der Waals surface area (Å²) >= 11 is 1.60. The highest BCUT2D eigenvalue weighted by molar-refractivity contribution is 7.14. The summed E-state index contributed by atoms with van der Waals surface area (Å²) in [4.78, 5) is 29.9. The molecular weight excluding hydrogens is 522 g/mol. The number of hydrogen-bond donors (Lipinski definition) is 1. The Morgan fingerprint density at radius 3 is 2.42 bits per heavy atom. The highest BCUT2D eigenvalue weighted by atomic mass is 32.1. The maximum Gasteiger partial charge on any atom is 0.251 e. The van der Waals surface area contributed by atoms with Crippen LogP contribution in [0.1, 0.15) is 80.2 Å². The van der Waals surface area contributed by atoms with Crippen LogP contribution in [-0.4, -0.2) is 63.5 Å². The summed E-state index contributed by atoms with van der Waals surface area (Å²) in [6.45, 7) is 11.8. The van der Waals surface area contributed by atoms with E-state index in [9.17, 15) is 9.59 Å². The number of benzene rings is 2. The first-order valence-electron chi connectivity index (χ1n) is 14.3. The first kappa shape index (κ1) is 28.2. The average molecular weight is 562 g/mol. The van der Waals surface area contributed by atoms with Crippen LogP contribution < -0.4 is 10.1 Å². The summed E-state index contributed by atoms with van der Waals surface area (Å²) < 4.78 is 6.35. The van der Waals surface area contributed by atoms with Gasteiger partial charge in [0.25, 0.3) is 5.91 Å². The second-order valence-corrected chi connectivity index (χ2v) is 12.4. The summed E-state index contributed by atoms with van der Waals surface area (Å²) in [5.41, 5.74) is 2.42. The van der Waals surface area contributed by atoms with E-state index < -0.39 is 0 Å². The number of nitrogens with zero attached hydrogens (tertiary/aromatic N) is 4. The maximum atomic E-state index is 13.2. The fourth-order valence-corrected chi connectivity index (χ4v) is 6.06. The van der Waals surface area contributed by atoms with Crippen molar-refractivity contribution >= 4 is 23.2 Å². The molecule has 9 heteroatoms. The third-order valence-electron chi connectivity index (χ3n) is 7.72. The van der Waals surface area contributed by atoms with Crippen molar-refractivity contribution in [1.82, 2.24) is 25.3 Å². The zero-order valence-corrected chi connectivity index (χ0v) is 24.7. The van der Waals surface area contributed by atoms with E-state index in [-0.39, 0.29) is 17.9 Å². The molecule has 3 aromatic rings. The van der Waals surface area contributed by atoms with Gasteiger partial charge in [-0.1, -0.05) is 31.3 Å². The molecule has 0 saturated carbocycles. The Bertz CT molecular complexity index is 1330. The standard InChI is InChI=1S/C31H39N5O3S/c1-20(2)30-33-34-31(40-30)22-9-11-26(12-10-22)39-27-18-23(7-8-24(27)19-36-15-5-6-28(36)37)29(38)32-25-13-16-35(17-14-25)21(3)4/h7-12,18,20-21,25H,5-6,13-17,19H2,1-4H3,(H,32,38). The lowest BCUT2D eigenvalue weighted by Gasteiger charge is -2.34. The molecule has 40 heavy (non-hydrogen) atoms. The smallest absolute Gasteiger partial charge is 0.251 e. The maximum absolute atomic E-state index is 13.2. The molecule has 2 aliphatic rings. The number of carbonyl (C=O) groups excluding carboxylic acids is 2. The number of ether oxygens (including phenoxy) is 1. The third-order valence-corrected chi connectivity index (χ3v) is 8.99. The van der Waals surface area contributed by atoms with Crippen LogP contribution in [0.5, 0.6) is 11.5 Å². The Morgan fingerprint density at radius 1 is 1.05 bits per heavy atom. The van der Waals surface area contributed by atoms with Crippen molar-refractivity contribution in [2.24, 2.45) is 0 Å². The number of amides is 2. The van der Waals surface area contributed by atoms with Crippen molar-refractivity contribution in [3.63, 3.8) is 0 Å². The van der Waals surface area contributed by atoms with E-state index in [1.54, 1.807) is 11.3 Å². The number of aromatic nitrogens is 2. The van der Waals surface area contributed by atoms with Crippen molar-refractivity contribution in [2.45, 2.75) is 77.9 Å². The van der Waals surface area contributed by atoms with Crippen LogP contribution in [0.15, 0.2) is 42.5 Å². The van der Waals surface area contributed by atoms with Gasteiger partial charge in [0.15, 0.2) is 0 Å². The number of likely N-dealkylation sites (tertiary alicyclic amines) is 2. The quantitative estimate of drug-likeness (QED) is 0.353.